The number of carbonyl (C=O) groups excluding carboxylic acids is 2. The summed E-state index contributed by atoms with van der Waals surface area (Å²) in [5.41, 5.74) is 10.7. The Labute approximate surface area is 313 Å². The molecule has 0 spiro atoms. The molecule has 0 aliphatic rings. The summed E-state index contributed by atoms with van der Waals surface area (Å²) in [6, 6.07) is 31.1. The Morgan fingerprint density at radius 1 is 0.660 bits per heavy atom. The first-order valence-corrected chi connectivity index (χ1v) is 17.3. The van der Waals surface area contributed by atoms with Gasteiger partial charge in [-0.25, -0.2) is 15.4 Å². The summed E-state index contributed by atoms with van der Waals surface area (Å²) < 4.78 is 16.5. The number of hydrogen-bond donors (Lipinski definition) is 5. The zero-order chi connectivity index (χ0) is 33.9. The predicted molar refractivity (Wildman–Crippen MR) is 208 cm³/mol. The average molecular weight is 970 g/mol. The Morgan fingerprint density at radius 2 is 1.15 bits per heavy atom. The molecule has 12 heteroatoms. The second-order valence-electron chi connectivity index (χ2n) is 10.2. The summed E-state index contributed by atoms with van der Waals surface area (Å²) in [4.78, 5) is 29.6. The summed E-state index contributed by atoms with van der Waals surface area (Å²) >= 11 is 6.69. The van der Waals surface area contributed by atoms with E-state index in [0.717, 1.165) is 47.0 Å². The van der Waals surface area contributed by atoms with E-state index in [4.69, 9.17) is 10.0 Å². The summed E-state index contributed by atoms with van der Waals surface area (Å²) in [7, 11) is 0. The molecule has 5 aromatic rings. The highest BCUT2D eigenvalue weighted by atomic mass is 127. The molecule has 0 atom stereocenters. The molecular formula is C35H30FI3N4O4. The Kier molecular flexibility index (Phi) is 13.8. The van der Waals surface area contributed by atoms with Gasteiger partial charge in [0, 0.05) is 22.1 Å². The lowest BCUT2D eigenvalue weighted by atomic mass is 10.1. The molecule has 47 heavy (non-hydrogen) atoms. The number of anilines is 4. The van der Waals surface area contributed by atoms with Crippen molar-refractivity contribution in [2.45, 2.75) is 20.5 Å². The highest BCUT2D eigenvalue weighted by Gasteiger charge is 2.15. The van der Waals surface area contributed by atoms with Crippen LogP contribution in [-0.2, 0) is 11.4 Å². The van der Waals surface area contributed by atoms with Crippen LogP contribution < -0.4 is 21.6 Å². The fourth-order valence-electron chi connectivity index (χ4n) is 4.33. The zero-order valence-corrected chi connectivity index (χ0v) is 31.7. The maximum Gasteiger partial charge on any atom is 0.276 e. The second-order valence-corrected chi connectivity index (χ2v) is 13.9. The van der Waals surface area contributed by atoms with Crippen molar-refractivity contribution in [1.29, 1.82) is 0 Å². The molecule has 5 rings (SSSR count). The highest BCUT2D eigenvalue weighted by Crippen LogP contribution is 2.27. The van der Waals surface area contributed by atoms with Crippen molar-refractivity contribution in [3.05, 3.63) is 147 Å². The first-order chi connectivity index (χ1) is 22.5. The van der Waals surface area contributed by atoms with Gasteiger partial charge in [-0.05, 0) is 171 Å². The summed E-state index contributed by atoms with van der Waals surface area (Å²) in [5.74, 6) is -1.60. The monoisotopic (exact) mass is 970 g/mol. The topological polar surface area (TPSA) is 112 Å². The molecule has 5 aromatic carbocycles. The number of aryl methyl sites for hydroxylation is 2. The molecule has 8 nitrogen and oxygen atoms in total. The minimum Gasteiger partial charge on any atom is -0.355 e. The molecular weight excluding hydrogens is 940 g/mol. The molecule has 0 aromatic heterocycles. The number of rotatable bonds is 9. The molecule has 0 aliphatic carbocycles. The van der Waals surface area contributed by atoms with E-state index in [-0.39, 0.29) is 11.5 Å². The first-order valence-electron chi connectivity index (χ1n) is 14.1. The van der Waals surface area contributed by atoms with Crippen LogP contribution in [0.4, 0.5) is 27.1 Å². The molecule has 5 N–H and O–H groups in total. The minimum atomic E-state index is -0.768. The molecule has 0 unspecified atom stereocenters. The molecule has 0 aliphatic heterocycles. The zero-order valence-electron chi connectivity index (χ0n) is 25.2. The molecule has 0 saturated heterocycles. The molecule has 0 bridgehead atoms. The van der Waals surface area contributed by atoms with Crippen LogP contribution in [0.3, 0.4) is 0 Å². The lowest BCUT2D eigenvalue weighted by molar-refractivity contribution is 0.0234. The van der Waals surface area contributed by atoms with Gasteiger partial charge in [0.2, 0.25) is 0 Å². The fraction of sp³-hybridized carbons (Fsp3) is 0.0857. The van der Waals surface area contributed by atoms with Crippen LogP contribution in [0.2, 0.25) is 0 Å². The van der Waals surface area contributed by atoms with Gasteiger partial charge >= 0.3 is 0 Å². The van der Waals surface area contributed by atoms with E-state index in [1.165, 1.54) is 21.2 Å². The van der Waals surface area contributed by atoms with E-state index in [9.17, 15) is 14.0 Å². The molecule has 242 valence electrons. The van der Waals surface area contributed by atoms with E-state index in [2.05, 4.69) is 90.0 Å². The van der Waals surface area contributed by atoms with Crippen LogP contribution in [0.1, 0.15) is 37.4 Å². The van der Waals surface area contributed by atoms with Crippen LogP contribution in [0.5, 0.6) is 0 Å². The summed E-state index contributed by atoms with van der Waals surface area (Å²) in [6.07, 6.45) is 0. The molecule has 2 amide bonds. The fourth-order valence-corrected chi connectivity index (χ4v) is 6.11. The standard InChI is InChI=1S/C21H18I2N2O2.C14H12FIN2O2/c1-14-11-16(22)7-9-19(14)24-20-10-8-17(23)12-18(20)21(26)25-27-13-15-5-3-2-4-6-15;1-8-6-10(16)3-5-12(8)17-13-4-2-9(15)7-11(13)14(19)18-20/h2-12,24H,13H2,1H3,(H,25,26);2-7,17,20H,1H3,(H,18,19). The normalized spacial score (nSPS) is 10.4. The molecule has 0 heterocycles. The van der Waals surface area contributed by atoms with Crippen molar-refractivity contribution in [2.24, 2.45) is 0 Å². The number of benzene rings is 5. The maximum absolute atomic E-state index is 13.2. The van der Waals surface area contributed by atoms with Crippen LogP contribution in [0.15, 0.2) is 103 Å². The van der Waals surface area contributed by atoms with Crippen LogP contribution in [-0.4, -0.2) is 17.0 Å². The Balaban J connectivity index is 0.000000223. The van der Waals surface area contributed by atoms with E-state index < -0.39 is 11.7 Å². The van der Waals surface area contributed by atoms with Crippen LogP contribution in [0, 0.1) is 30.4 Å². The van der Waals surface area contributed by atoms with Crippen LogP contribution >= 0.6 is 67.8 Å². The van der Waals surface area contributed by atoms with E-state index >= 15 is 0 Å². The third-order valence-corrected chi connectivity index (χ3v) is 8.73. The van der Waals surface area contributed by atoms with Gasteiger partial charge in [0.05, 0.1) is 29.1 Å². The van der Waals surface area contributed by atoms with E-state index in [1.54, 1.807) is 0 Å². The number of hydroxylamine groups is 2. The van der Waals surface area contributed by atoms with Gasteiger partial charge in [-0.1, -0.05) is 30.3 Å². The molecule has 0 fully saturated rings. The second kappa shape index (κ2) is 17.7. The third kappa shape index (κ3) is 10.9. The Morgan fingerprint density at radius 3 is 1.68 bits per heavy atom. The largest absolute Gasteiger partial charge is 0.355 e. The number of nitrogens with one attached hydrogen (secondary N) is 4. The maximum atomic E-state index is 13.2. The third-order valence-electron chi connectivity index (χ3n) is 6.72. The molecule has 0 radical (unpaired) electrons. The number of carbonyl (C=O) groups is 2. The van der Waals surface area contributed by atoms with Gasteiger partial charge in [-0.2, -0.15) is 0 Å². The lowest BCUT2D eigenvalue weighted by Gasteiger charge is -2.15. The van der Waals surface area contributed by atoms with Crippen molar-refractivity contribution in [3.63, 3.8) is 0 Å². The van der Waals surface area contributed by atoms with Gasteiger partial charge < -0.3 is 10.6 Å². The highest BCUT2D eigenvalue weighted by molar-refractivity contribution is 14.1. The van der Waals surface area contributed by atoms with E-state index in [0.29, 0.717) is 17.9 Å². The van der Waals surface area contributed by atoms with Crippen molar-refractivity contribution < 1.29 is 24.0 Å². The SMILES string of the molecule is Cc1cc(I)ccc1Nc1ccc(F)cc1C(=O)NO.Cc1cc(I)ccc1Nc1ccc(I)cc1C(=O)NOCc1ccccc1. The average Bonchev–Trinajstić information content (AvgIpc) is 3.05. The predicted octanol–water partition coefficient (Wildman–Crippen LogP) is 9.41. The van der Waals surface area contributed by atoms with Gasteiger partial charge in [-0.15, -0.1) is 0 Å². The number of amides is 2. The first kappa shape index (κ1) is 36.5. The van der Waals surface area contributed by atoms with Crippen molar-refractivity contribution in [2.75, 3.05) is 10.6 Å². The van der Waals surface area contributed by atoms with Gasteiger partial charge in [0.15, 0.2) is 0 Å². The van der Waals surface area contributed by atoms with Crippen molar-refractivity contribution >= 4 is 102 Å². The van der Waals surface area contributed by atoms with Crippen molar-refractivity contribution in [1.82, 2.24) is 11.0 Å². The van der Waals surface area contributed by atoms with Crippen LogP contribution in [0.25, 0.3) is 0 Å². The Bertz CT molecular complexity index is 1880. The van der Waals surface area contributed by atoms with Gasteiger partial charge in [-0.3, -0.25) is 19.6 Å². The van der Waals surface area contributed by atoms with Gasteiger partial charge in [0.1, 0.15) is 5.82 Å². The quantitative estimate of drug-likeness (QED) is 0.0573. The summed E-state index contributed by atoms with van der Waals surface area (Å²) in [6.45, 7) is 4.29. The molecule has 0 saturated carbocycles. The van der Waals surface area contributed by atoms with Crippen molar-refractivity contribution in [3.8, 4) is 0 Å². The minimum absolute atomic E-state index is 0.0328. The van der Waals surface area contributed by atoms with Gasteiger partial charge in [0.25, 0.3) is 11.8 Å². The smallest absolute Gasteiger partial charge is 0.276 e. The number of halogens is 4. The lowest BCUT2D eigenvalue weighted by Crippen LogP contribution is -2.24. The Hall–Kier alpha value is -3.32. The number of hydrogen-bond acceptors (Lipinski definition) is 6. The summed E-state index contributed by atoms with van der Waals surface area (Å²) in [5, 5.41) is 15.1. The van der Waals surface area contributed by atoms with E-state index in [1.807, 2.05) is 92.7 Å².